The second-order valence-corrected chi connectivity index (χ2v) is 18.3. The van der Waals surface area contributed by atoms with Crippen LogP contribution in [0.3, 0.4) is 0 Å². The molecule has 9 nitrogen and oxygen atoms in total. The molecule has 0 aromatic carbocycles. The van der Waals surface area contributed by atoms with Crippen LogP contribution < -0.4 is 5.32 Å². The maximum atomic E-state index is 13.0. The highest BCUT2D eigenvalue weighted by Crippen LogP contribution is 2.23. The number of carbonyl (C=O) groups excluding carboxylic acids is 1. The lowest BCUT2D eigenvalue weighted by molar-refractivity contribution is -0.302. The van der Waals surface area contributed by atoms with E-state index in [1.807, 2.05) is 6.08 Å². The number of amides is 1. The first-order chi connectivity index (χ1) is 29.8. The van der Waals surface area contributed by atoms with Gasteiger partial charge in [-0.15, -0.1) is 0 Å². The van der Waals surface area contributed by atoms with Gasteiger partial charge in [-0.05, 0) is 44.9 Å². The van der Waals surface area contributed by atoms with E-state index in [2.05, 4.69) is 31.3 Å². The molecule has 7 atom stereocenters. The molecule has 1 saturated heterocycles. The molecule has 1 rings (SSSR count). The zero-order valence-electron chi connectivity index (χ0n) is 39.7. The van der Waals surface area contributed by atoms with Crippen LogP contribution in [-0.2, 0) is 14.3 Å². The van der Waals surface area contributed by atoms with Crippen molar-refractivity contribution in [3.8, 4) is 0 Å². The molecule has 0 bridgehead atoms. The third-order valence-corrected chi connectivity index (χ3v) is 12.5. The van der Waals surface area contributed by atoms with Crippen LogP contribution in [0.15, 0.2) is 24.3 Å². The normalized spacial score (nSPS) is 20.5. The molecule has 0 aromatic heterocycles. The number of hydrogen-bond acceptors (Lipinski definition) is 8. The van der Waals surface area contributed by atoms with E-state index in [0.717, 1.165) is 38.5 Å². The van der Waals surface area contributed by atoms with Crippen molar-refractivity contribution in [2.75, 3.05) is 13.2 Å². The quantitative estimate of drug-likeness (QED) is 0.0262. The van der Waals surface area contributed by atoms with E-state index < -0.39 is 49.5 Å². The lowest BCUT2D eigenvalue weighted by Gasteiger charge is -2.40. The fourth-order valence-electron chi connectivity index (χ4n) is 8.33. The van der Waals surface area contributed by atoms with Crippen LogP contribution in [0.5, 0.6) is 0 Å². The van der Waals surface area contributed by atoms with Gasteiger partial charge in [0.2, 0.25) is 5.91 Å². The third-order valence-electron chi connectivity index (χ3n) is 12.5. The molecule has 9 heteroatoms. The van der Waals surface area contributed by atoms with E-state index in [4.69, 9.17) is 9.47 Å². The molecule has 0 aromatic rings. The van der Waals surface area contributed by atoms with Crippen LogP contribution in [0, 0.1) is 0 Å². The number of rotatable bonds is 44. The number of aliphatic hydroxyl groups excluding tert-OH is 5. The molecule has 1 heterocycles. The third kappa shape index (κ3) is 32.9. The van der Waals surface area contributed by atoms with Gasteiger partial charge in [-0.1, -0.05) is 218 Å². The van der Waals surface area contributed by atoms with Crippen LogP contribution >= 0.6 is 0 Å². The van der Waals surface area contributed by atoms with Crippen LogP contribution in [-0.4, -0.2) is 87.5 Å². The van der Waals surface area contributed by atoms with Gasteiger partial charge in [0.25, 0.3) is 0 Å². The Kier molecular flexibility index (Phi) is 40.3. The fourth-order valence-corrected chi connectivity index (χ4v) is 8.33. The Labute approximate surface area is 375 Å². The molecule has 0 aliphatic carbocycles. The summed E-state index contributed by atoms with van der Waals surface area (Å²) >= 11 is 0. The zero-order valence-corrected chi connectivity index (χ0v) is 39.7. The predicted octanol–water partition coefficient (Wildman–Crippen LogP) is 11.8. The number of carbonyl (C=O) groups is 1. The zero-order chi connectivity index (χ0) is 44.4. The van der Waals surface area contributed by atoms with Crippen LogP contribution in [0.25, 0.3) is 0 Å². The highest BCUT2D eigenvalue weighted by Gasteiger charge is 2.44. The number of allylic oxidation sites excluding steroid dienone is 3. The van der Waals surface area contributed by atoms with Gasteiger partial charge in [0.15, 0.2) is 6.29 Å². The van der Waals surface area contributed by atoms with Gasteiger partial charge in [-0.25, -0.2) is 0 Å². The molecule has 1 aliphatic rings. The summed E-state index contributed by atoms with van der Waals surface area (Å²) in [5, 5.41) is 54.2. The minimum Gasteiger partial charge on any atom is -0.394 e. The second-order valence-electron chi connectivity index (χ2n) is 18.3. The Morgan fingerprint density at radius 2 is 0.918 bits per heavy atom. The first-order valence-corrected chi connectivity index (χ1v) is 26.1. The average molecular weight is 866 g/mol. The van der Waals surface area contributed by atoms with Crippen molar-refractivity contribution < 1.29 is 39.8 Å². The lowest BCUT2D eigenvalue weighted by Crippen LogP contribution is -2.60. The SMILES string of the molecule is CCCCCCCCCCC/C=C/C(O)C(COC1OC(CO)C(O)C(O)C1O)NC(=O)CCCCCCCCCCCCC/C=C\CCCCCCCCCCCCCC. The van der Waals surface area contributed by atoms with Gasteiger partial charge < -0.3 is 40.3 Å². The van der Waals surface area contributed by atoms with E-state index in [1.54, 1.807) is 6.08 Å². The Hall–Kier alpha value is -1.33. The van der Waals surface area contributed by atoms with Gasteiger partial charge in [-0.3, -0.25) is 4.79 Å². The summed E-state index contributed by atoms with van der Waals surface area (Å²) in [7, 11) is 0. The second kappa shape index (κ2) is 42.6. The number of aliphatic hydroxyl groups is 5. The number of hydrogen-bond donors (Lipinski definition) is 6. The van der Waals surface area contributed by atoms with Gasteiger partial charge >= 0.3 is 0 Å². The van der Waals surface area contributed by atoms with Crippen molar-refractivity contribution in [3.05, 3.63) is 24.3 Å². The first kappa shape index (κ1) is 57.7. The monoisotopic (exact) mass is 866 g/mol. The van der Waals surface area contributed by atoms with E-state index >= 15 is 0 Å². The highest BCUT2D eigenvalue weighted by atomic mass is 16.7. The molecule has 0 radical (unpaired) electrons. The molecule has 6 N–H and O–H groups in total. The molecular formula is C52H99NO8. The smallest absolute Gasteiger partial charge is 0.220 e. The van der Waals surface area contributed by atoms with Crippen molar-refractivity contribution in [2.24, 2.45) is 0 Å². The van der Waals surface area contributed by atoms with Gasteiger partial charge in [0, 0.05) is 6.42 Å². The summed E-state index contributed by atoms with van der Waals surface area (Å²) in [6, 6.07) is -0.801. The molecule has 0 spiro atoms. The summed E-state index contributed by atoms with van der Waals surface area (Å²) in [6.07, 6.45) is 45.3. The number of unbranched alkanes of at least 4 members (excludes halogenated alkanes) is 32. The minimum atomic E-state index is -1.56. The number of ether oxygens (including phenoxy) is 2. The van der Waals surface area contributed by atoms with E-state index in [1.165, 1.54) is 186 Å². The average Bonchev–Trinajstić information content (AvgIpc) is 3.26. The molecule has 1 aliphatic heterocycles. The molecule has 360 valence electrons. The van der Waals surface area contributed by atoms with Crippen molar-refractivity contribution in [2.45, 2.75) is 288 Å². The van der Waals surface area contributed by atoms with Crippen LogP contribution in [0.1, 0.15) is 245 Å². The molecule has 7 unspecified atom stereocenters. The Bertz CT molecular complexity index is 1010. The van der Waals surface area contributed by atoms with E-state index in [0.29, 0.717) is 6.42 Å². The van der Waals surface area contributed by atoms with Gasteiger partial charge in [0.05, 0.1) is 25.4 Å². The topological polar surface area (TPSA) is 149 Å². The summed E-state index contributed by atoms with van der Waals surface area (Å²) in [6.45, 7) is 3.77. The van der Waals surface area contributed by atoms with Gasteiger partial charge in [0.1, 0.15) is 24.4 Å². The maximum absolute atomic E-state index is 13.0. The Balaban J connectivity index is 2.18. The van der Waals surface area contributed by atoms with E-state index in [9.17, 15) is 30.3 Å². The van der Waals surface area contributed by atoms with E-state index in [-0.39, 0.29) is 12.5 Å². The summed E-state index contributed by atoms with van der Waals surface area (Å²) in [5.74, 6) is -0.177. The molecule has 1 fully saturated rings. The molecular weight excluding hydrogens is 767 g/mol. The minimum absolute atomic E-state index is 0.177. The van der Waals surface area contributed by atoms with Crippen molar-refractivity contribution >= 4 is 5.91 Å². The largest absolute Gasteiger partial charge is 0.394 e. The van der Waals surface area contributed by atoms with Crippen LogP contribution in [0.2, 0.25) is 0 Å². The number of nitrogens with one attached hydrogen (secondary N) is 1. The van der Waals surface area contributed by atoms with Crippen molar-refractivity contribution in [3.63, 3.8) is 0 Å². The Morgan fingerprint density at radius 3 is 1.33 bits per heavy atom. The van der Waals surface area contributed by atoms with Crippen molar-refractivity contribution in [1.82, 2.24) is 5.32 Å². The van der Waals surface area contributed by atoms with Crippen molar-refractivity contribution in [1.29, 1.82) is 0 Å². The van der Waals surface area contributed by atoms with Crippen LogP contribution in [0.4, 0.5) is 0 Å². The predicted molar refractivity (Wildman–Crippen MR) is 253 cm³/mol. The Morgan fingerprint density at radius 1 is 0.541 bits per heavy atom. The molecule has 0 saturated carbocycles. The highest BCUT2D eigenvalue weighted by molar-refractivity contribution is 5.76. The molecule has 1 amide bonds. The standard InChI is InChI=1S/C52H99NO8/c1-3-5-7-9-11-13-15-16-17-18-19-20-21-22-23-24-25-26-27-28-29-30-32-34-36-38-40-42-48(56)53-45(44-60-52-51(59)50(58)49(57)47(43-54)61-52)46(55)41-39-37-35-33-31-14-12-10-8-6-4-2/h22-23,39,41,45-47,49-52,54-55,57-59H,3-21,24-38,40,42-44H2,1-2H3,(H,53,56)/b23-22-,41-39+. The lowest BCUT2D eigenvalue weighted by atomic mass is 9.99. The summed E-state index contributed by atoms with van der Waals surface area (Å²) in [5.41, 5.74) is 0. The molecule has 61 heavy (non-hydrogen) atoms. The summed E-state index contributed by atoms with van der Waals surface area (Å²) in [4.78, 5) is 13.0. The maximum Gasteiger partial charge on any atom is 0.220 e. The fraction of sp³-hybridized carbons (Fsp3) is 0.904. The summed E-state index contributed by atoms with van der Waals surface area (Å²) < 4.78 is 11.2. The van der Waals surface area contributed by atoms with Gasteiger partial charge in [-0.2, -0.15) is 0 Å². The first-order valence-electron chi connectivity index (χ1n) is 26.1.